The summed E-state index contributed by atoms with van der Waals surface area (Å²) in [5.41, 5.74) is 11.7. The Morgan fingerprint density at radius 3 is 2.61 bits per heavy atom. The summed E-state index contributed by atoms with van der Waals surface area (Å²) < 4.78 is 0. The molecule has 0 amide bonds. The quantitative estimate of drug-likeness (QED) is 0.885. The van der Waals surface area contributed by atoms with E-state index in [1.807, 2.05) is 29.9 Å². The summed E-state index contributed by atoms with van der Waals surface area (Å²) in [7, 11) is 0. The number of hydrazine groups is 1. The van der Waals surface area contributed by atoms with Crippen molar-refractivity contribution in [3.05, 3.63) is 70.3 Å². The lowest BCUT2D eigenvalue weighted by molar-refractivity contribution is 0.715. The zero-order valence-electron chi connectivity index (χ0n) is 9.76. The zero-order valence-corrected chi connectivity index (χ0v) is 10.6. The Hall–Kier alpha value is -2.07. The molecule has 1 aromatic carbocycles. The molecule has 0 radical (unpaired) electrons. The van der Waals surface area contributed by atoms with Gasteiger partial charge in [0.25, 0.3) is 0 Å². The van der Waals surface area contributed by atoms with Crippen molar-refractivity contribution in [2.45, 2.75) is 6.42 Å². The summed E-state index contributed by atoms with van der Waals surface area (Å²) in [6, 6.07) is 10.3. The molecule has 2 N–H and O–H groups in total. The second-order valence-corrected chi connectivity index (χ2v) is 5.00. The van der Waals surface area contributed by atoms with Crippen molar-refractivity contribution >= 4 is 17.0 Å². The number of rotatable bonds is 3. The van der Waals surface area contributed by atoms with Gasteiger partial charge in [0.05, 0.1) is 11.2 Å². The van der Waals surface area contributed by atoms with Crippen molar-refractivity contribution in [3.63, 3.8) is 0 Å². The summed E-state index contributed by atoms with van der Waals surface area (Å²) in [6.45, 7) is 0. The van der Waals surface area contributed by atoms with Gasteiger partial charge in [0.15, 0.2) is 0 Å². The molecule has 3 nitrogen and oxygen atoms in total. The lowest BCUT2D eigenvalue weighted by Crippen LogP contribution is -2.32. The first kappa shape index (κ1) is 11.0. The molecule has 1 aliphatic rings. The Morgan fingerprint density at radius 2 is 1.94 bits per heavy atom. The van der Waals surface area contributed by atoms with Gasteiger partial charge in [-0.15, -0.1) is 11.3 Å². The fraction of sp³-hybridized carbons (Fsp3) is 0.0714. The van der Waals surface area contributed by atoms with E-state index < -0.39 is 0 Å². The van der Waals surface area contributed by atoms with E-state index in [0.29, 0.717) is 0 Å². The summed E-state index contributed by atoms with van der Waals surface area (Å²) in [4.78, 5) is 5.33. The molecule has 0 fully saturated rings. The molecule has 0 atom stereocenters. The van der Waals surface area contributed by atoms with Crippen LogP contribution in [-0.4, -0.2) is 4.98 Å². The Bertz CT molecular complexity index is 570. The van der Waals surface area contributed by atoms with Gasteiger partial charge in [-0.05, 0) is 17.7 Å². The van der Waals surface area contributed by atoms with Gasteiger partial charge in [0.1, 0.15) is 0 Å². The first-order valence-electron chi connectivity index (χ1n) is 5.77. The topological polar surface area (TPSA) is 37.0 Å². The molecule has 0 unspecified atom stereocenters. The number of allylic oxidation sites excluding steroid dienone is 3. The van der Waals surface area contributed by atoms with Gasteiger partial charge in [-0.25, -0.2) is 0 Å². The number of nitrogens with zero attached hydrogens (tertiary/aromatic N) is 1. The maximum absolute atomic E-state index is 4.08. The third-order valence-corrected chi connectivity index (χ3v) is 3.52. The molecular weight excluding hydrogens is 242 g/mol. The highest BCUT2D eigenvalue weighted by molar-refractivity contribution is 7.09. The number of aromatic nitrogens is 1. The fourth-order valence-corrected chi connectivity index (χ4v) is 2.44. The molecule has 0 saturated carbocycles. The molecule has 0 saturated heterocycles. The van der Waals surface area contributed by atoms with Gasteiger partial charge in [-0.3, -0.25) is 4.98 Å². The molecule has 2 heterocycles. The summed E-state index contributed by atoms with van der Waals surface area (Å²) >= 11 is 1.67. The third kappa shape index (κ3) is 2.43. The minimum absolute atomic E-state index is 0.885. The molecular formula is C14H13N3S. The molecule has 1 aromatic heterocycles. The maximum Gasteiger partial charge on any atom is 0.0794 e. The van der Waals surface area contributed by atoms with E-state index in [2.05, 4.69) is 40.1 Å². The summed E-state index contributed by atoms with van der Waals surface area (Å²) in [6.07, 6.45) is 7.00. The number of hydrogen-bond donors (Lipinski definition) is 2. The SMILES string of the molecule is C1=C(Cc2cncs2)NNC(c2ccccc2)=C1. The lowest BCUT2D eigenvalue weighted by Gasteiger charge is -2.19. The molecule has 0 spiro atoms. The third-order valence-electron chi connectivity index (χ3n) is 2.74. The van der Waals surface area contributed by atoms with Crippen LogP contribution in [-0.2, 0) is 6.42 Å². The van der Waals surface area contributed by atoms with Crippen LogP contribution >= 0.6 is 11.3 Å². The largest absolute Gasteiger partial charge is 0.305 e. The van der Waals surface area contributed by atoms with Crippen LogP contribution < -0.4 is 10.9 Å². The van der Waals surface area contributed by atoms with E-state index in [0.717, 1.165) is 17.8 Å². The smallest absolute Gasteiger partial charge is 0.0794 e. The van der Waals surface area contributed by atoms with Gasteiger partial charge in [-0.2, -0.15) is 0 Å². The zero-order chi connectivity index (χ0) is 12.2. The standard InChI is InChI=1S/C14H13N3S/c1-2-4-11(5-3-1)14-7-6-12(16-17-14)8-13-9-15-10-18-13/h1-7,9-10,16-17H,8H2. The van der Waals surface area contributed by atoms with E-state index in [-0.39, 0.29) is 0 Å². The van der Waals surface area contributed by atoms with Gasteiger partial charge in [0, 0.05) is 23.2 Å². The maximum atomic E-state index is 4.08. The molecule has 4 heteroatoms. The van der Waals surface area contributed by atoms with Crippen LogP contribution in [0.25, 0.3) is 5.70 Å². The Balaban J connectivity index is 1.75. The molecule has 0 aliphatic carbocycles. The number of thiazole rings is 1. The first-order chi connectivity index (χ1) is 8.92. The number of benzene rings is 1. The van der Waals surface area contributed by atoms with Crippen molar-refractivity contribution in [1.82, 2.24) is 15.8 Å². The van der Waals surface area contributed by atoms with Crippen molar-refractivity contribution in [2.75, 3.05) is 0 Å². The predicted octanol–water partition coefficient (Wildman–Crippen LogP) is 2.72. The van der Waals surface area contributed by atoms with Gasteiger partial charge in [0.2, 0.25) is 0 Å². The second-order valence-electron chi connectivity index (χ2n) is 4.03. The van der Waals surface area contributed by atoms with Gasteiger partial charge in [-0.1, -0.05) is 30.3 Å². The summed E-state index contributed by atoms with van der Waals surface area (Å²) in [5.74, 6) is 0. The average molecular weight is 255 g/mol. The summed E-state index contributed by atoms with van der Waals surface area (Å²) in [5, 5.41) is 0. The Kier molecular flexibility index (Phi) is 3.10. The minimum Gasteiger partial charge on any atom is -0.305 e. The molecule has 1 aliphatic heterocycles. The second kappa shape index (κ2) is 5.06. The lowest BCUT2D eigenvalue weighted by atomic mass is 10.1. The average Bonchev–Trinajstić information content (AvgIpc) is 2.94. The normalized spacial score (nSPS) is 14.2. The van der Waals surface area contributed by atoms with Crippen LogP contribution in [0.4, 0.5) is 0 Å². The van der Waals surface area contributed by atoms with E-state index in [1.165, 1.54) is 10.4 Å². The van der Waals surface area contributed by atoms with Crippen molar-refractivity contribution < 1.29 is 0 Å². The minimum atomic E-state index is 0.885. The highest BCUT2D eigenvalue weighted by Crippen LogP contribution is 2.16. The van der Waals surface area contributed by atoms with Crippen LogP contribution in [0.1, 0.15) is 10.4 Å². The van der Waals surface area contributed by atoms with Crippen LogP contribution in [0.3, 0.4) is 0 Å². The van der Waals surface area contributed by atoms with E-state index in [9.17, 15) is 0 Å². The fourth-order valence-electron chi connectivity index (χ4n) is 1.82. The van der Waals surface area contributed by atoms with Crippen LogP contribution in [0, 0.1) is 0 Å². The van der Waals surface area contributed by atoms with Crippen LogP contribution in [0.15, 0.2) is 59.9 Å². The van der Waals surface area contributed by atoms with E-state index in [4.69, 9.17) is 0 Å². The first-order valence-corrected chi connectivity index (χ1v) is 6.65. The van der Waals surface area contributed by atoms with E-state index in [1.54, 1.807) is 11.3 Å². The Labute approximate surface area is 110 Å². The van der Waals surface area contributed by atoms with E-state index >= 15 is 0 Å². The van der Waals surface area contributed by atoms with Gasteiger partial charge >= 0.3 is 0 Å². The molecule has 2 aromatic rings. The van der Waals surface area contributed by atoms with Crippen molar-refractivity contribution in [2.24, 2.45) is 0 Å². The Morgan fingerprint density at radius 1 is 1.06 bits per heavy atom. The number of hydrogen-bond acceptors (Lipinski definition) is 4. The molecule has 90 valence electrons. The highest BCUT2D eigenvalue weighted by Gasteiger charge is 2.07. The van der Waals surface area contributed by atoms with Crippen molar-refractivity contribution in [1.29, 1.82) is 0 Å². The number of nitrogens with one attached hydrogen (secondary N) is 2. The molecule has 0 bridgehead atoms. The van der Waals surface area contributed by atoms with Crippen LogP contribution in [0.5, 0.6) is 0 Å². The van der Waals surface area contributed by atoms with Gasteiger partial charge < -0.3 is 10.9 Å². The predicted molar refractivity (Wildman–Crippen MR) is 74.6 cm³/mol. The monoisotopic (exact) mass is 255 g/mol. The van der Waals surface area contributed by atoms with Crippen molar-refractivity contribution in [3.8, 4) is 0 Å². The molecule has 3 rings (SSSR count). The molecule has 18 heavy (non-hydrogen) atoms. The highest BCUT2D eigenvalue weighted by atomic mass is 32.1. The van der Waals surface area contributed by atoms with Crippen LogP contribution in [0.2, 0.25) is 0 Å².